The Labute approximate surface area is 204 Å². The summed E-state index contributed by atoms with van der Waals surface area (Å²) in [6.45, 7) is 4.68. The second-order valence-electron chi connectivity index (χ2n) is 9.28. The van der Waals surface area contributed by atoms with Gasteiger partial charge in [-0.15, -0.1) is 0 Å². The number of aromatic nitrogens is 1. The van der Waals surface area contributed by atoms with Crippen LogP contribution in [0.25, 0.3) is 11.0 Å². The van der Waals surface area contributed by atoms with Crippen LogP contribution in [0.4, 0.5) is 10.2 Å². The lowest BCUT2D eigenvalue weighted by molar-refractivity contribution is -0.140. The maximum absolute atomic E-state index is 13.7. The first-order valence-corrected chi connectivity index (χ1v) is 12.4. The molecule has 0 spiro atoms. The van der Waals surface area contributed by atoms with Crippen molar-refractivity contribution in [2.24, 2.45) is 5.92 Å². The average Bonchev–Trinajstić information content (AvgIpc) is 3.25. The van der Waals surface area contributed by atoms with E-state index in [0.29, 0.717) is 11.5 Å². The topological polar surface area (TPSA) is 80.1 Å². The van der Waals surface area contributed by atoms with E-state index in [0.717, 1.165) is 69.6 Å². The van der Waals surface area contributed by atoms with Crippen LogP contribution in [0.2, 0.25) is 5.02 Å². The van der Waals surface area contributed by atoms with Gasteiger partial charge < -0.3 is 24.2 Å². The van der Waals surface area contributed by atoms with Gasteiger partial charge in [-0.25, -0.2) is 4.39 Å². The van der Waals surface area contributed by atoms with Crippen LogP contribution >= 0.6 is 11.6 Å². The summed E-state index contributed by atoms with van der Waals surface area (Å²) in [4.78, 5) is 16.8. The number of nitrogens with one attached hydrogen (secondary N) is 1. The zero-order chi connectivity index (χ0) is 24.1. The van der Waals surface area contributed by atoms with Crippen LogP contribution in [0.15, 0.2) is 16.7 Å². The summed E-state index contributed by atoms with van der Waals surface area (Å²) in [5.41, 5.74) is 0.420. The standard InChI is InChI=1S/C24H34ClFN4O4/c1-32-23(33-2)15-22(31)27-17-5-3-16(4-6-17)7-8-29-9-11-30(12-10-29)24-18-13-19(25)20(26)14-21(18)34-28-24/h13-14,16-17,23H,3-12,15H2,1-2H3,(H,27,31). The second-order valence-corrected chi connectivity index (χ2v) is 9.68. The van der Waals surface area contributed by atoms with E-state index in [1.807, 2.05) is 0 Å². The van der Waals surface area contributed by atoms with E-state index in [1.54, 1.807) is 20.3 Å². The molecule has 1 aliphatic heterocycles. The van der Waals surface area contributed by atoms with Crippen molar-refractivity contribution in [3.63, 3.8) is 0 Å². The average molecular weight is 497 g/mol. The van der Waals surface area contributed by atoms with Crippen LogP contribution in [-0.2, 0) is 14.3 Å². The number of methoxy groups -OCH3 is 2. The van der Waals surface area contributed by atoms with E-state index in [4.69, 9.17) is 25.6 Å². The second kappa shape index (κ2) is 11.7. The van der Waals surface area contributed by atoms with Gasteiger partial charge >= 0.3 is 0 Å². The van der Waals surface area contributed by atoms with Gasteiger partial charge in [-0.2, -0.15) is 0 Å². The number of piperazine rings is 1. The largest absolute Gasteiger partial charge is 0.355 e. The molecule has 2 aromatic rings. The van der Waals surface area contributed by atoms with E-state index in [9.17, 15) is 9.18 Å². The quantitative estimate of drug-likeness (QED) is 0.529. The van der Waals surface area contributed by atoms with Gasteiger partial charge in [-0.05, 0) is 50.6 Å². The van der Waals surface area contributed by atoms with Crippen LogP contribution in [0.1, 0.15) is 38.5 Å². The summed E-state index contributed by atoms with van der Waals surface area (Å²) < 4.78 is 29.2. The lowest BCUT2D eigenvalue weighted by Gasteiger charge is -2.36. The highest BCUT2D eigenvalue weighted by atomic mass is 35.5. The van der Waals surface area contributed by atoms with Crippen LogP contribution in [0.5, 0.6) is 0 Å². The lowest BCUT2D eigenvalue weighted by atomic mass is 9.84. The molecule has 8 nitrogen and oxygen atoms in total. The molecule has 188 valence electrons. The number of rotatable bonds is 9. The number of ether oxygens (including phenoxy) is 2. The molecule has 0 bridgehead atoms. The van der Waals surface area contributed by atoms with Crippen molar-refractivity contribution in [1.82, 2.24) is 15.4 Å². The number of hydrogen-bond acceptors (Lipinski definition) is 7. The summed E-state index contributed by atoms with van der Waals surface area (Å²) in [7, 11) is 3.09. The molecule has 1 saturated carbocycles. The molecule has 1 aliphatic carbocycles. The summed E-state index contributed by atoms with van der Waals surface area (Å²) in [5, 5.41) is 8.12. The molecular weight excluding hydrogens is 463 g/mol. The first-order chi connectivity index (χ1) is 16.5. The number of anilines is 1. The first-order valence-electron chi connectivity index (χ1n) is 12.0. The number of fused-ring (bicyclic) bond motifs is 1. The number of carbonyl (C=O) groups is 1. The minimum absolute atomic E-state index is 0.0117. The Morgan fingerprint density at radius 3 is 2.59 bits per heavy atom. The fourth-order valence-electron chi connectivity index (χ4n) is 4.99. The smallest absolute Gasteiger partial charge is 0.225 e. The van der Waals surface area contributed by atoms with E-state index in [-0.39, 0.29) is 23.4 Å². The Balaban J connectivity index is 1.16. The molecule has 34 heavy (non-hydrogen) atoms. The predicted molar refractivity (Wildman–Crippen MR) is 129 cm³/mol. The zero-order valence-corrected chi connectivity index (χ0v) is 20.7. The van der Waals surface area contributed by atoms with Crippen molar-refractivity contribution in [3.05, 3.63) is 23.0 Å². The van der Waals surface area contributed by atoms with Crippen molar-refractivity contribution in [2.45, 2.75) is 50.9 Å². The molecular formula is C24H34ClFN4O4. The molecule has 2 fully saturated rings. The highest BCUT2D eigenvalue weighted by molar-refractivity contribution is 6.31. The predicted octanol–water partition coefficient (Wildman–Crippen LogP) is 3.82. The molecule has 1 aromatic heterocycles. The Bertz CT molecular complexity index is 954. The molecule has 0 unspecified atom stereocenters. The molecule has 4 rings (SSSR count). The Hall–Kier alpha value is -1.94. The van der Waals surface area contributed by atoms with Gasteiger partial charge in [0, 0.05) is 52.5 Å². The molecule has 1 saturated heterocycles. The van der Waals surface area contributed by atoms with Crippen molar-refractivity contribution in [3.8, 4) is 0 Å². The third kappa shape index (κ3) is 6.19. The SMILES string of the molecule is COC(CC(=O)NC1CCC(CCN2CCN(c3noc4cc(F)c(Cl)cc34)CC2)CC1)OC. The number of hydrogen-bond donors (Lipinski definition) is 1. The summed E-state index contributed by atoms with van der Waals surface area (Å²) in [6, 6.07) is 3.14. The van der Waals surface area contributed by atoms with Gasteiger partial charge in [-0.1, -0.05) is 16.8 Å². The van der Waals surface area contributed by atoms with Gasteiger partial charge in [-0.3, -0.25) is 9.69 Å². The molecule has 0 atom stereocenters. The fraction of sp³-hybridized carbons (Fsp3) is 0.667. The molecule has 0 radical (unpaired) electrons. The molecule has 1 aromatic carbocycles. The Morgan fingerprint density at radius 1 is 1.21 bits per heavy atom. The fourth-order valence-corrected chi connectivity index (χ4v) is 5.16. The van der Waals surface area contributed by atoms with Gasteiger partial charge in [0.15, 0.2) is 17.7 Å². The van der Waals surface area contributed by atoms with E-state index >= 15 is 0 Å². The summed E-state index contributed by atoms with van der Waals surface area (Å²) in [5.74, 6) is 0.930. The van der Waals surface area contributed by atoms with Crippen LogP contribution < -0.4 is 10.2 Å². The number of benzene rings is 1. The lowest BCUT2D eigenvalue weighted by Crippen LogP contribution is -2.47. The maximum Gasteiger partial charge on any atom is 0.225 e. The molecule has 1 amide bonds. The van der Waals surface area contributed by atoms with E-state index in [2.05, 4.69) is 20.3 Å². The van der Waals surface area contributed by atoms with E-state index < -0.39 is 12.1 Å². The number of carbonyl (C=O) groups excluding carboxylic acids is 1. The molecule has 1 N–H and O–H groups in total. The van der Waals surface area contributed by atoms with Gasteiger partial charge in [0.25, 0.3) is 0 Å². The van der Waals surface area contributed by atoms with Crippen LogP contribution in [0, 0.1) is 11.7 Å². The first kappa shape index (κ1) is 25.2. The van der Waals surface area contributed by atoms with Gasteiger partial charge in [0.05, 0.1) is 16.8 Å². The summed E-state index contributed by atoms with van der Waals surface area (Å²) in [6.07, 6.45) is 5.26. The van der Waals surface area contributed by atoms with E-state index in [1.165, 1.54) is 12.5 Å². The van der Waals surface area contributed by atoms with Crippen molar-refractivity contribution in [1.29, 1.82) is 0 Å². The summed E-state index contributed by atoms with van der Waals surface area (Å²) >= 11 is 5.96. The molecule has 2 aliphatic rings. The third-order valence-electron chi connectivity index (χ3n) is 7.11. The van der Waals surface area contributed by atoms with Crippen molar-refractivity contribution in [2.75, 3.05) is 51.8 Å². The van der Waals surface area contributed by atoms with Crippen molar-refractivity contribution < 1.29 is 23.2 Å². The van der Waals surface area contributed by atoms with Gasteiger partial charge in [0.2, 0.25) is 5.91 Å². The number of amides is 1. The Morgan fingerprint density at radius 2 is 1.91 bits per heavy atom. The Kier molecular flexibility index (Phi) is 8.63. The number of nitrogens with zero attached hydrogens (tertiary/aromatic N) is 3. The van der Waals surface area contributed by atoms with Gasteiger partial charge in [0.1, 0.15) is 5.82 Å². The zero-order valence-electron chi connectivity index (χ0n) is 19.9. The molecule has 2 heterocycles. The third-order valence-corrected chi connectivity index (χ3v) is 7.40. The highest BCUT2D eigenvalue weighted by Crippen LogP contribution is 2.31. The number of halogens is 2. The highest BCUT2D eigenvalue weighted by Gasteiger charge is 2.26. The minimum Gasteiger partial charge on any atom is -0.355 e. The molecule has 10 heteroatoms. The maximum atomic E-state index is 13.7. The minimum atomic E-state index is -0.496. The van der Waals surface area contributed by atoms with Crippen molar-refractivity contribution >= 4 is 34.3 Å². The van der Waals surface area contributed by atoms with Crippen LogP contribution in [0.3, 0.4) is 0 Å². The van der Waals surface area contributed by atoms with Crippen LogP contribution in [-0.4, -0.2) is 75.2 Å². The monoisotopic (exact) mass is 496 g/mol. The normalized spacial score (nSPS) is 22.0.